The van der Waals surface area contributed by atoms with E-state index in [9.17, 15) is 14.4 Å². The summed E-state index contributed by atoms with van der Waals surface area (Å²) in [4.78, 5) is 36.3. The quantitative estimate of drug-likeness (QED) is 0.389. The molecule has 0 rings (SSSR count). The number of nitrogens with two attached hydrogens (primary N) is 1. The van der Waals surface area contributed by atoms with Crippen LogP contribution >= 0.6 is 0 Å². The highest BCUT2D eigenvalue weighted by Crippen LogP contribution is 2.04. The lowest BCUT2D eigenvalue weighted by Gasteiger charge is -2.24. The van der Waals surface area contributed by atoms with E-state index in [1.54, 1.807) is 20.8 Å². The average Bonchev–Trinajstić information content (AvgIpc) is 2.54. The van der Waals surface area contributed by atoms with Gasteiger partial charge in [-0.15, -0.1) is 0 Å². The third kappa shape index (κ3) is 10.1. The minimum absolute atomic E-state index is 0.0470. The molecule has 0 aromatic carbocycles. The highest BCUT2D eigenvalue weighted by Gasteiger charge is 2.26. The van der Waals surface area contributed by atoms with Gasteiger partial charge in [0.1, 0.15) is 12.1 Å². The Morgan fingerprint density at radius 1 is 0.800 bits per heavy atom. The monoisotopic (exact) mass is 356 g/mol. The molecule has 0 saturated heterocycles. The summed E-state index contributed by atoms with van der Waals surface area (Å²) >= 11 is 0. The smallest absolute Gasteiger partial charge is 0.242 e. The van der Waals surface area contributed by atoms with E-state index in [4.69, 9.17) is 5.73 Å². The Morgan fingerprint density at radius 3 is 1.92 bits per heavy atom. The molecule has 3 amide bonds. The predicted octanol–water partition coefficient (Wildman–Crippen LogP) is 0.923. The van der Waals surface area contributed by atoms with Crippen molar-refractivity contribution in [1.29, 1.82) is 0 Å². The molecule has 0 heterocycles. The topological polar surface area (TPSA) is 113 Å². The Hall–Kier alpha value is -1.63. The largest absolute Gasteiger partial charge is 0.354 e. The number of nitrogens with one attached hydrogen (secondary N) is 3. The molecule has 0 aromatic rings. The van der Waals surface area contributed by atoms with Crippen molar-refractivity contribution in [2.75, 3.05) is 13.1 Å². The predicted molar refractivity (Wildman–Crippen MR) is 99.7 cm³/mol. The zero-order valence-electron chi connectivity index (χ0n) is 16.4. The van der Waals surface area contributed by atoms with Crippen molar-refractivity contribution in [3.8, 4) is 0 Å². The molecule has 25 heavy (non-hydrogen) atoms. The van der Waals surface area contributed by atoms with Crippen LogP contribution < -0.4 is 21.7 Å². The number of carbonyl (C=O) groups is 3. The second-order valence-corrected chi connectivity index (χ2v) is 7.11. The summed E-state index contributed by atoms with van der Waals surface area (Å²) in [7, 11) is 0. The second-order valence-electron chi connectivity index (χ2n) is 7.11. The van der Waals surface area contributed by atoms with Crippen LogP contribution in [0, 0.1) is 11.8 Å². The lowest BCUT2D eigenvalue weighted by molar-refractivity contribution is -0.133. The normalized spacial score (nSPS) is 13.4. The fraction of sp³-hybridized carbons (Fsp3) is 0.833. The van der Waals surface area contributed by atoms with Gasteiger partial charge in [-0.05, 0) is 32.2 Å². The third-order valence-electron chi connectivity index (χ3n) is 3.95. The number of hydrogen-bond acceptors (Lipinski definition) is 4. The average molecular weight is 357 g/mol. The van der Waals surface area contributed by atoms with E-state index in [2.05, 4.69) is 16.0 Å². The number of amides is 3. The zero-order valence-corrected chi connectivity index (χ0v) is 16.4. The number of rotatable bonds is 12. The van der Waals surface area contributed by atoms with Crippen molar-refractivity contribution < 1.29 is 14.4 Å². The van der Waals surface area contributed by atoms with Crippen LogP contribution in [0.2, 0.25) is 0 Å². The van der Waals surface area contributed by atoms with Crippen molar-refractivity contribution >= 4 is 17.7 Å². The van der Waals surface area contributed by atoms with E-state index in [-0.39, 0.29) is 29.6 Å². The molecule has 0 bridgehead atoms. The lowest BCUT2D eigenvalue weighted by Crippen LogP contribution is -2.55. The molecule has 2 atom stereocenters. The van der Waals surface area contributed by atoms with Gasteiger partial charge in [-0.3, -0.25) is 14.4 Å². The summed E-state index contributed by atoms with van der Waals surface area (Å²) < 4.78 is 0. The summed E-state index contributed by atoms with van der Waals surface area (Å²) in [5.74, 6) is -0.978. The summed E-state index contributed by atoms with van der Waals surface area (Å²) in [6, 6.07) is -1.30. The van der Waals surface area contributed by atoms with Gasteiger partial charge in [-0.1, -0.05) is 40.5 Å². The number of hydrogen-bond donors (Lipinski definition) is 4. The van der Waals surface area contributed by atoms with Crippen molar-refractivity contribution in [3.63, 3.8) is 0 Å². The van der Waals surface area contributed by atoms with Gasteiger partial charge in [0, 0.05) is 12.5 Å². The molecule has 0 aromatic heterocycles. The molecule has 146 valence electrons. The van der Waals surface area contributed by atoms with Crippen LogP contribution in [0.15, 0.2) is 0 Å². The Morgan fingerprint density at radius 2 is 1.40 bits per heavy atom. The van der Waals surface area contributed by atoms with Crippen LogP contribution in [0.5, 0.6) is 0 Å². The van der Waals surface area contributed by atoms with Gasteiger partial charge in [0.15, 0.2) is 0 Å². The molecule has 0 aliphatic carbocycles. The zero-order chi connectivity index (χ0) is 19.4. The Kier molecular flexibility index (Phi) is 11.9. The fourth-order valence-corrected chi connectivity index (χ4v) is 2.20. The van der Waals surface area contributed by atoms with Gasteiger partial charge >= 0.3 is 0 Å². The van der Waals surface area contributed by atoms with Crippen molar-refractivity contribution in [3.05, 3.63) is 0 Å². The van der Waals surface area contributed by atoms with Crippen molar-refractivity contribution in [1.82, 2.24) is 16.0 Å². The van der Waals surface area contributed by atoms with Gasteiger partial charge < -0.3 is 21.7 Å². The Balaban J connectivity index is 4.41. The number of unbranched alkanes of at least 4 members (excludes halogenated alkanes) is 3. The molecule has 0 radical (unpaired) electrons. The van der Waals surface area contributed by atoms with Gasteiger partial charge in [-0.2, -0.15) is 0 Å². The SMILES string of the molecule is CC(C)C(=O)N[C@H](C)C(=O)N[C@@H](C(=O)NCCCCCCN)C(C)C. The van der Waals surface area contributed by atoms with Crippen LogP contribution in [-0.2, 0) is 14.4 Å². The first kappa shape index (κ1) is 23.4. The van der Waals surface area contributed by atoms with E-state index in [0.717, 1.165) is 25.7 Å². The molecular weight excluding hydrogens is 320 g/mol. The molecule has 0 unspecified atom stereocenters. The van der Waals surface area contributed by atoms with Gasteiger partial charge in [0.05, 0.1) is 0 Å². The number of carbonyl (C=O) groups excluding carboxylic acids is 3. The van der Waals surface area contributed by atoms with Crippen LogP contribution in [0.3, 0.4) is 0 Å². The van der Waals surface area contributed by atoms with Crippen molar-refractivity contribution in [2.24, 2.45) is 17.6 Å². The summed E-state index contributed by atoms with van der Waals surface area (Å²) in [5, 5.41) is 8.25. The molecule has 0 saturated carbocycles. The molecular formula is C18H36N4O3. The first-order chi connectivity index (χ1) is 11.7. The van der Waals surface area contributed by atoms with E-state index < -0.39 is 12.1 Å². The highest BCUT2D eigenvalue weighted by atomic mass is 16.2. The minimum Gasteiger partial charge on any atom is -0.354 e. The molecule has 0 aliphatic rings. The summed E-state index contributed by atoms with van der Waals surface area (Å²) in [5.41, 5.74) is 5.45. The standard InChI is InChI=1S/C18H36N4O3/c1-12(2)15(18(25)20-11-9-7-6-8-10-19)22-17(24)14(5)21-16(23)13(3)4/h12-15H,6-11,19H2,1-5H3,(H,20,25)(H,21,23)(H,22,24)/t14-,15-/m1/s1. The molecule has 0 spiro atoms. The lowest BCUT2D eigenvalue weighted by atomic mass is 10.0. The van der Waals surface area contributed by atoms with Gasteiger partial charge in [0.25, 0.3) is 0 Å². The highest BCUT2D eigenvalue weighted by molar-refractivity contribution is 5.92. The molecule has 7 heteroatoms. The molecule has 5 N–H and O–H groups in total. The minimum atomic E-state index is -0.680. The van der Waals surface area contributed by atoms with E-state index in [1.165, 1.54) is 0 Å². The van der Waals surface area contributed by atoms with E-state index in [1.807, 2.05) is 13.8 Å². The van der Waals surface area contributed by atoms with Crippen LogP contribution in [-0.4, -0.2) is 42.9 Å². The third-order valence-corrected chi connectivity index (χ3v) is 3.95. The maximum atomic E-state index is 12.3. The summed E-state index contributed by atoms with van der Waals surface area (Å²) in [6.45, 7) is 10.2. The first-order valence-corrected chi connectivity index (χ1v) is 9.29. The first-order valence-electron chi connectivity index (χ1n) is 9.29. The van der Waals surface area contributed by atoms with E-state index in [0.29, 0.717) is 13.1 Å². The van der Waals surface area contributed by atoms with Crippen LogP contribution in [0.25, 0.3) is 0 Å². The second kappa shape index (κ2) is 12.7. The molecule has 7 nitrogen and oxygen atoms in total. The molecule has 0 fully saturated rings. The fourth-order valence-electron chi connectivity index (χ4n) is 2.20. The van der Waals surface area contributed by atoms with Gasteiger partial charge in [-0.25, -0.2) is 0 Å². The maximum Gasteiger partial charge on any atom is 0.242 e. The van der Waals surface area contributed by atoms with Crippen molar-refractivity contribution in [2.45, 2.75) is 72.4 Å². The molecule has 0 aliphatic heterocycles. The van der Waals surface area contributed by atoms with Crippen LogP contribution in [0.1, 0.15) is 60.3 Å². The van der Waals surface area contributed by atoms with Gasteiger partial charge in [0.2, 0.25) is 17.7 Å². The van der Waals surface area contributed by atoms with E-state index >= 15 is 0 Å². The van der Waals surface area contributed by atoms with Crippen LogP contribution in [0.4, 0.5) is 0 Å². The summed E-state index contributed by atoms with van der Waals surface area (Å²) in [6.07, 6.45) is 3.97. The Bertz CT molecular complexity index is 425. The Labute approximate surface area is 151 Å². The maximum absolute atomic E-state index is 12.3.